The van der Waals surface area contributed by atoms with Crippen LogP contribution in [0.15, 0.2) is 18.2 Å². The molecular formula is C13H18F2N2. The fraction of sp³-hybridized carbons (Fsp3) is 0.538. The van der Waals surface area contributed by atoms with Crippen LogP contribution < -0.4 is 5.32 Å². The minimum absolute atomic E-state index is 0.187. The molecule has 0 bridgehead atoms. The van der Waals surface area contributed by atoms with E-state index in [0.717, 1.165) is 38.2 Å². The Hall–Kier alpha value is -1.00. The second kappa shape index (κ2) is 5.56. The van der Waals surface area contributed by atoms with Crippen LogP contribution in [0.3, 0.4) is 0 Å². The van der Waals surface area contributed by atoms with E-state index in [2.05, 4.69) is 17.1 Å². The van der Waals surface area contributed by atoms with Crippen LogP contribution in [0.4, 0.5) is 8.78 Å². The SMILES string of the molecule is CCC(c1ccc(F)c(F)c1)N1CCNCC1. The summed E-state index contributed by atoms with van der Waals surface area (Å²) in [7, 11) is 0. The van der Waals surface area contributed by atoms with E-state index in [-0.39, 0.29) is 6.04 Å². The summed E-state index contributed by atoms with van der Waals surface area (Å²) in [4.78, 5) is 2.32. The maximum absolute atomic E-state index is 13.2. The molecule has 2 rings (SSSR count). The van der Waals surface area contributed by atoms with Gasteiger partial charge in [0, 0.05) is 32.2 Å². The standard InChI is InChI=1S/C13H18F2N2/c1-2-13(17-7-5-16-6-8-17)10-3-4-11(14)12(15)9-10/h3-4,9,13,16H,2,5-8H2,1H3. The number of halogens is 2. The topological polar surface area (TPSA) is 15.3 Å². The zero-order valence-electron chi connectivity index (χ0n) is 10.0. The van der Waals surface area contributed by atoms with Gasteiger partial charge in [-0.05, 0) is 24.1 Å². The highest BCUT2D eigenvalue weighted by molar-refractivity contribution is 5.21. The summed E-state index contributed by atoms with van der Waals surface area (Å²) in [6.07, 6.45) is 0.908. The van der Waals surface area contributed by atoms with Gasteiger partial charge < -0.3 is 5.32 Å². The van der Waals surface area contributed by atoms with Crippen molar-refractivity contribution in [2.45, 2.75) is 19.4 Å². The Labute approximate surface area is 101 Å². The van der Waals surface area contributed by atoms with Crippen molar-refractivity contribution in [3.05, 3.63) is 35.4 Å². The number of piperazine rings is 1. The van der Waals surface area contributed by atoms with E-state index < -0.39 is 11.6 Å². The molecule has 1 aromatic carbocycles. The minimum Gasteiger partial charge on any atom is -0.314 e. The number of nitrogens with zero attached hydrogens (tertiary/aromatic N) is 1. The Morgan fingerprint density at radius 1 is 1.24 bits per heavy atom. The van der Waals surface area contributed by atoms with Crippen molar-refractivity contribution in [3.8, 4) is 0 Å². The summed E-state index contributed by atoms with van der Waals surface area (Å²) in [5.74, 6) is -1.53. The van der Waals surface area contributed by atoms with E-state index in [1.807, 2.05) is 0 Å². The molecule has 4 heteroatoms. The molecule has 0 aromatic heterocycles. The third kappa shape index (κ3) is 2.82. The molecule has 0 saturated carbocycles. The first kappa shape index (κ1) is 12.5. The van der Waals surface area contributed by atoms with Gasteiger partial charge >= 0.3 is 0 Å². The molecule has 1 unspecified atom stereocenters. The van der Waals surface area contributed by atoms with Crippen molar-refractivity contribution in [1.82, 2.24) is 10.2 Å². The molecule has 0 aliphatic carbocycles. The Bertz CT molecular complexity index is 376. The third-order valence-corrected chi connectivity index (χ3v) is 3.31. The van der Waals surface area contributed by atoms with Gasteiger partial charge in [0.25, 0.3) is 0 Å². The zero-order chi connectivity index (χ0) is 12.3. The first-order valence-electron chi connectivity index (χ1n) is 6.12. The molecule has 1 aliphatic heterocycles. The molecule has 0 spiro atoms. The van der Waals surface area contributed by atoms with Gasteiger partial charge in [-0.3, -0.25) is 4.90 Å². The van der Waals surface area contributed by atoms with E-state index in [9.17, 15) is 8.78 Å². The van der Waals surface area contributed by atoms with E-state index in [0.29, 0.717) is 0 Å². The highest BCUT2D eigenvalue weighted by atomic mass is 19.2. The highest BCUT2D eigenvalue weighted by Crippen LogP contribution is 2.25. The molecule has 1 fully saturated rings. The average Bonchev–Trinajstić information content (AvgIpc) is 2.36. The quantitative estimate of drug-likeness (QED) is 0.872. The van der Waals surface area contributed by atoms with Crippen LogP contribution in [-0.4, -0.2) is 31.1 Å². The van der Waals surface area contributed by atoms with Crippen molar-refractivity contribution in [3.63, 3.8) is 0 Å². The van der Waals surface area contributed by atoms with Gasteiger partial charge in [-0.15, -0.1) is 0 Å². The van der Waals surface area contributed by atoms with Gasteiger partial charge in [-0.2, -0.15) is 0 Å². The molecule has 2 nitrogen and oxygen atoms in total. The summed E-state index contributed by atoms with van der Waals surface area (Å²) in [6.45, 7) is 5.91. The number of nitrogens with one attached hydrogen (secondary N) is 1. The smallest absolute Gasteiger partial charge is 0.159 e. The molecule has 94 valence electrons. The van der Waals surface area contributed by atoms with Crippen LogP contribution in [0.25, 0.3) is 0 Å². The van der Waals surface area contributed by atoms with Crippen molar-refractivity contribution in [2.24, 2.45) is 0 Å². The lowest BCUT2D eigenvalue weighted by molar-refractivity contribution is 0.169. The van der Waals surface area contributed by atoms with Crippen molar-refractivity contribution < 1.29 is 8.78 Å². The Morgan fingerprint density at radius 3 is 2.53 bits per heavy atom. The van der Waals surface area contributed by atoms with E-state index in [4.69, 9.17) is 0 Å². The monoisotopic (exact) mass is 240 g/mol. The first-order chi connectivity index (χ1) is 8.22. The van der Waals surface area contributed by atoms with Crippen LogP contribution >= 0.6 is 0 Å². The van der Waals surface area contributed by atoms with Crippen LogP contribution in [0.2, 0.25) is 0 Å². The molecule has 0 radical (unpaired) electrons. The number of hydrogen-bond acceptors (Lipinski definition) is 2. The third-order valence-electron chi connectivity index (χ3n) is 3.31. The van der Waals surface area contributed by atoms with Crippen molar-refractivity contribution in [1.29, 1.82) is 0 Å². The molecule has 1 N–H and O–H groups in total. The molecule has 0 amide bonds. The van der Waals surface area contributed by atoms with Gasteiger partial charge in [0.15, 0.2) is 11.6 Å². The largest absolute Gasteiger partial charge is 0.314 e. The molecular weight excluding hydrogens is 222 g/mol. The molecule has 1 atom stereocenters. The Kier molecular flexibility index (Phi) is 4.07. The van der Waals surface area contributed by atoms with Gasteiger partial charge in [-0.1, -0.05) is 13.0 Å². The van der Waals surface area contributed by atoms with Crippen LogP contribution in [-0.2, 0) is 0 Å². The predicted octanol–water partition coefficient (Wildman–Crippen LogP) is 2.32. The van der Waals surface area contributed by atoms with Gasteiger partial charge in [0.05, 0.1) is 0 Å². The van der Waals surface area contributed by atoms with Crippen LogP contribution in [0, 0.1) is 11.6 Å². The minimum atomic E-state index is -0.774. The fourth-order valence-corrected chi connectivity index (χ4v) is 2.42. The molecule has 1 aliphatic rings. The van der Waals surface area contributed by atoms with Gasteiger partial charge in [-0.25, -0.2) is 8.78 Å². The second-order valence-electron chi connectivity index (χ2n) is 4.38. The number of benzene rings is 1. The Morgan fingerprint density at radius 2 is 1.94 bits per heavy atom. The molecule has 1 saturated heterocycles. The Balaban J connectivity index is 2.18. The fourth-order valence-electron chi connectivity index (χ4n) is 2.42. The lowest BCUT2D eigenvalue weighted by atomic mass is 10.0. The van der Waals surface area contributed by atoms with Crippen molar-refractivity contribution in [2.75, 3.05) is 26.2 Å². The summed E-state index contributed by atoms with van der Waals surface area (Å²) >= 11 is 0. The van der Waals surface area contributed by atoms with Crippen molar-refractivity contribution >= 4 is 0 Å². The highest BCUT2D eigenvalue weighted by Gasteiger charge is 2.21. The molecule has 1 aromatic rings. The van der Waals surface area contributed by atoms with E-state index in [1.165, 1.54) is 12.1 Å². The molecule has 1 heterocycles. The molecule has 17 heavy (non-hydrogen) atoms. The second-order valence-corrected chi connectivity index (χ2v) is 4.38. The summed E-state index contributed by atoms with van der Waals surface area (Å²) in [6, 6.07) is 4.42. The summed E-state index contributed by atoms with van der Waals surface area (Å²) < 4.78 is 26.1. The van der Waals surface area contributed by atoms with Crippen LogP contribution in [0.1, 0.15) is 24.9 Å². The van der Waals surface area contributed by atoms with Crippen LogP contribution in [0.5, 0.6) is 0 Å². The van der Waals surface area contributed by atoms with Gasteiger partial charge in [0.2, 0.25) is 0 Å². The lowest BCUT2D eigenvalue weighted by Gasteiger charge is -2.34. The maximum atomic E-state index is 13.2. The normalized spacial score (nSPS) is 19.2. The maximum Gasteiger partial charge on any atom is 0.159 e. The zero-order valence-corrected chi connectivity index (χ0v) is 10.0. The van der Waals surface area contributed by atoms with E-state index >= 15 is 0 Å². The number of hydrogen-bond donors (Lipinski definition) is 1. The number of rotatable bonds is 3. The van der Waals surface area contributed by atoms with E-state index in [1.54, 1.807) is 6.07 Å². The van der Waals surface area contributed by atoms with Gasteiger partial charge in [0.1, 0.15) is 0 Å². The predicted molar refractivity (Wildman–Crippen MR) is 63.8 cm³/mol. The first-order valence-corrected chi connectivity index (χ1v) is 6.12. The lowest BCUT2D eigenvalue weighted by Crippen LogP contribution is -2.45. The summed E-state index contributed by atoms with van der Waals surface area (Å²) in [5.41, 5.74) is 0.869. The average molecular weight is 240 g/mol. The summed E-state index contributed by atoms with van der Waals surface area (Å²) in [5, 5.41) is 3.29.